The highest BCUT2D eigenvalue weighted by atomic mass is 35.5. The summed E-state index contributed by atoms with van der Waals surface area (Å²) in [7, 11) is 0. The zero-order valence-corrected chi connectivity index (χ0v) is 20.8. The highest BCUT2D eigenvalue weighted by Gasteiger charge is 2.33. The Morgan fingerprint density at radius 2 is 1.94 bits per heavy atom. The van der Waals surface area contributed by atoms with Crippen LogP contribution in [0.15, 0.2) is 64.1 Å². The predicted octanol–water partition coefficient (Wildman–Crippen LogP) is 5.15. The minimum absolute atomic E-state index is 0.0987. The second-order valence-electron chi connectivity index (χ2n) is 8.64. The third-order valence-electron chi connectivity index (χ3n) is 6.31. The lowest BCUT2D eigenvalue weighted by Crippen LogP contribution is -2.39. The maximum Gasteiger partial charge on any atom is 0.213 e. The van der Waals surface area contributed by atoms with Gasteiger partial charge >= 0.3 is 0 Å². The van der Waals surface area contributed by atoms with Crippen LogP contribution in [0.5, 0.6) is 0 Å². The molecule has 0 aliphatic carbocycles. The second kappa shape index (κ2) is 10.2. The number of benzene rings is 2. The number of nitrogens with one attached hydrogen (secondary N) is 1. The number of rotatable bonds is 5. The van der Waals surface area contributed by atoms with E-state index in [1.165, 1.54) is 0 Å². The van der Waals surface area contributed by atoms with Crippen LogP contribution in [0, 0.1) is 25.3 Å². The molecule has 1 saturated heterocycles. The van der Waals surface area contributed by atoms with Gasteiger partial charge in [-0.25, -0.2) is 4.99 Å². The number of aromatic nitrogens is 4. The summed E-state index contributed by atoms with van der Waals surface area (Å²) >= 11 is 6.07. The van der Waals surface area contributed by atoms with Gasteiger partial charge in [-0.3, -0.25) is 5.32 Å². The lowest BCUT2D eigenvalue weighted by Gasteiger charge is -2.26. The van der Waals surface area contributed by atoms with E-state index in [9.17, 15) is 5.26 Å². The van der Waals surface area contributed by atoms with Crippen molar-refractivity contribution in [3.8, 4) is 17.5 Å². The topological polar surface area (TPSA) is 108 Å². The van der Waals surface area contributed by atoms with E-state index in [1.807, 2.05) is 74.6 Å². The third kappa shape index (κ3) is 4.68. The molecular formula is C26H25ClN8O. The Kier molecular flexibility index (Phi) is 6.69. The fourth-order valence-corrected chi connectivity index (χ4v) is 4.63. The average Bonchev–Trinajstić information content (AvgIpc) is 3.60. The summed E-state index contributed by atoms with van der Waals surface area (Å²) in [5.41, 5.74) is 3.21. The Balaban J connectivity index is 1.51. The summed E-state index contributed by atoms with van der Waals surface area (Å²) in [6.07, 6.45) is 3.83. The quantitative estimate of drug-likeness (QED) is 0.175. The van der Waals surface area contributed by atoms with Crippen molar-refractivity contribution in [2.45, 2.75) is 39.3 Å². The Hall–Kier alpha value is -4.16. The van der Waals surface area contributed by atoms with Crippen LogP contribution in [0.25, 0.3) is 11.3 Å². The summed E-state index contributed by atoms with van der Waals surface area (Å²) in [6, 6.07) is 17.4. The maximum absolute atomic E-state index is 9.56. The van der Waals surface area contributed by atoms with Crippen molar-refractivity contribution in [2.24, 2.45) is 4.99 Å². The van der Waals surface area contributed by atoms with Crippen LogP contribution in [0.4, 0.5) is 5.69 Å². The van der Waals surface area contributed by atoms with Crippen LogP contribution in [0.2, 0.25) is 5.02 Å². The van der Waals surface area contributed by atoms with Crippen molar-refractivity contribution in [1.82, 2.24) is 30.1 Å². The molecule has 1 fully saturated rings. The molecule has 10 heteroatoms. The van der Waals surface area contributed by atoms with Gasteiger partial charge in [-0.05, 0) is 44.4 Å². The molecule has 182 valence electrons. The molecule has 2 aromatic carbocycles. The predicted molar refractivity (Wildman–Crippen MR) is 137 cm³/mol. The molecule has 0 bridgehead atoms. The van der Waals surface area contributed by atoms with E-state index in [0.717, 1.165) is 42.2 Å². The van der Waals surface area contributed by atoms with Crippen molar-refractivity contribution in [3.05, 3.63) is 82.6 Å². The van der Waals surface area contributed by atoms with Crippen molar-refractivity contribution in [2.75, 3.05) is 6.54 Å². The molecule has 4 aromatic rings. The molecule has 9 nitrogen and oxygen atoms in total. The van der Waals surface area contributed by atoms with Crippen molar-refractivity contribution in [1.29, 1.82) is 5.26 Å². The van der Waals surface area contributed by atoms with Crippen LogP contribution in [-0.4, -0.2) is 37.3 Å². The van der Waals surface area contributed by atoms with Gasteiger partial charge in [0, 0.05) is 17.1 Å². The number of nitrogens with zero attached hydrogens (tertiary/aromatic N) is 7. The van der Waals surface area contributed by atoms with Gasteiger partial charge in [-0.2, -0.15) is 5.26 Å². The normalized spacial score (nSPS) is 15.8. The second-order valence-corrected chi connectivity index (χ2v) is 9.08. The highest BCUT2D eigenvalue weighted by Crippen LogP contribution is 2.35. The first-order chi connectivity index (χ1) is 17.5. The Labute approximate surface area is 214 Å². The molecule has 1 aliphatic rings. The number of guanidine groups is 1. The minimum atomic E-state index is -0.0987. The zero-order chi connectivity index (χ0) is 25.1. The lowest BCUT2D eigenvalue weighted by molar-refractivity contribution is 0.364. The molecule has 5 rings (SSSR count). The first kappa shape index (κ1) is 23.6. The van der Waals surface area contributed by atoms with Gasteiger partial charge in [0.25, 0.3) is 0 Å². The van der Waals surface area contributed by atoms with E-state index in [1.54, 1.807) is 0 Å². The number of halogens is 1. The molecule has 2 aromatic heterocycles. The van der Waals surface area contributed by atoms with E-state index in [2.05, 4.69) is 30.1 Å². The highest BCUT2D eigenvalue weighted by molar-refractivity contribution is 6.30. The summed E-state index contributed by atoms with van der Waals surface area (Å²) in [5.74, 6) is 2.66. The van der Waals surface area contributed by atoms with Gasteiger partial charge in [-0.15, -0.1) is 10.2 Å². The summed E-state index contributed by atoms with van der Waals surface area (Å²) in [5, 5.41) is 26.2. The summed E-state index contributed by atoms with van der Waals surface area (Å²) < 4.78 is 7.59. The van der Waals surface area contributed by atoms with Gasteiger partial charge in [0.2, 0.25) is 5.96 Å². The molecule has 1 aliphatic heterocycles. The fraction of sp³-hybridized carbons (Fsp3) is 0.269. The van der Waals surface area contributed by atoms with Gasteiger partial charge in [-0.1, -0.05) is 59.2 Å². The number of aryl methyl sites for hydroxylation is 2. The average molecular weight is 501 g/mol. The van der Waals surface area contributed by atoms with Gasteiger partial charge < -0.3 is 14.0 Å². The Bertz CT molecular complexity index is 1420. The third-order valence-corrected chi connectivity index (χ3v) is 6.56. The molecule has 0 spiro atoms. The standard InChI is InChI=1S/C26H25ClN8O/c1-17-23(24(33-36-17)20-7-4-3-5-8-20)30-26(29-16-28)34-14-6-9-22(34)25-32-31-18(2)35(25)15-19-10-12-21(27)13-11-19/h3-5,7-8,10-13,22H,6,9,14-15H2,1-2H3,(H,29,30)/t22-/m1/s1. The molecule has 36 heavy (non-hydrogen) atoms. The minimum Gasteiger partial charge on any atom is -0.359 e. The molecule has 0 amide bonds. The smallest absolute Gasteiger partial charge is 0.213 e. The van der Waals surface area contributed by atoms with E-state index in [-0.39, 0.29) is 6.04 Å². The lowest BCUT2D eigenvalue weighted by atomic mass is 10.1. The van der Waals surface area contributed by atoms with Crippen LogP contribution in [0.1, 0.15) is 41.9 Å². The summed E-state index contributed by atoms with van der Waals surface area (Å²) in [6.45, 7) is 5.10. The van der Waals surface area contributed by atoms with Gasteiger partial charge in [0.15, 0.2) is 17.8 Å². The molecule has 1 atom stereocenters. The van der Waals surface area contributed by atoms with E-state index in [0.29, 0.717) is 34.7 Å². The largest absolute Gasteiger partial charge is 0.359 e. The van der Waals surface area contributed by atoms with Crippen LogP contribution >= 0.6 is 11.6 Å². The van der Waals surface area contributed by atoms with E-state index in [4.69, 9.17) is 21.1 Å². The van der Waals surface area contributed by atoms with Crippen LogP contribution in [-0.2, 0) is 6.54 Å². The van der Waals surface area contributed by atoms with Gasteiger partial charge in [0.1, 0.15) is 17.2 Å². The fourth-order valence-electron chi connectivity index (χ4n) is 4.50. The first-order valence-corrected chi connectivity index (χ1v) is 12.1. The van der Waals surface area contributed by atoms with Crippen LogP contribution in [0.3, 0.4) is 0 Å². The molecule has 0 radical (unpaired) electrons. The molecule has 0 unspecified atom stereocenters. The molecule has 0 saturated carbocycles. The number of aliphatic imine (C=N–C) groups is 1. The van der Waals surface area contributed by atoms with E-state index >= 15 is 0 Å². The first-order valence-electron chi connectivity index (χ1n) is 11.7. The van der Waals surface area contributed by atoms with Crippen molar-refractivity contribution in [3.63, 3.8) is 0 Å². The maximum atomic E-state index is 9.56. The van der Waals surface area contributed by atoms with E-state index < -0.39 is 0 Å². The number of likely N-dealkylation sites (tertiary alicyclic amines) is 1. The number of hydrogen-bond donors (Lipinski definition) is 1. The SMILES string of the molecule is Cc1onc(-c2ccccc2)c1N=C(NC#N)N1CCC[C@@H]1c1nnc(C)n1Cc1ccc(Cl)cc1. The van der Waals surface area contributed by atoms with Gasteiger partial charge in [0.05, 0.1) is 12.6 Å². The zero-order valence-electron chi connectivity index (χ0n) is 20.0. The Morgan fingerprint density at radius 3 is 2.69 bits per heavy atom. The number of hydrogen-bond acceptors (Lipinski definition) is 6. The monoisotopic (exact) mass is 500 g/mol. The summed E-state index contributed by atoms with van der Waals surface area (Å²) in [4.78, 5) is 6.93. The molecular weight excluding hydrogens is 476 g/mol. The van der Waals surface area contributed by atoms with Crippen molar-refractivity contribution >= 4 is 23.2 Å². The Morgan fingerprint density at radius 1 is 1.17 bits per heavy atom. The number of nitriles is 1. The molecule has 1 N–H and O–H groups in total. The molecule has 3 heterocycles. The van der Waals surface area contributed by atoms with Crippen molar-refractivity contribution < 1.29 is 4.52 Å². The van der Waals surface area contributed by atoms with Crippen LogP contribution < -0.4 is 5.32 Å².